The van der Waals surface area contributed by atoms with Crippen LogP contribution in [0.5, 0.6) is 0 Å². The highest BCUT2D eigenvalue weighted by Gasteiger charge is 2.08. The van der Waals surface area contributed by atoms with Gasteiger partial charge in [0.15, 0.2) is 0 Å². The van der Waals surface area contributed by atoms with Crippen LogP contribution in [0.2, 0.25) is 0 Å². The molecule has 1 N–H and O–H groups in total. The lowest BCUT2D eigenvalue weighted by atomic mass is 10.1. The van der Waals surface area contributed by atoms with Gasteiger partial charge in [0.05, 0.1) is 12.6 Å². The van der Waals surface area contributed by atoms with Gasteiger partial charge in [0.1, 0.15) is 0 Å². The Morgan fingerprint density at radius 3 is 2.87 bits per heavy atom. The van der Waals surface area contributed by atoms with Crippen LogP contribution in [-0.2, 0) is 4.74 Å². The molecule has 1 aromatic carbocycles. The van der Waals surface area contributed by atoms with E-state index in [4.69, 9.17) is 4.74 Å². The fourth-order valence-corrected chi connectivity index (χ4v) is 1.83. The smallest absolute Gasteiger partial charge is 0.0661 e. The van der Waals surface area contributed by atoms with Gasteiger partial charge in [-0.05, 0) is 31.2 Å². The van der Waals surface area contributed by atoms with E-state index in [-0.39, 0.29) is 6.04 Å². The second kappa shape index (κ2) is 6.99. The Morgan fingerprint density at radius 1 is 1.47 bits per heavy atom. The van der Waals surface area contributed by atoms with E-state index in [9.17, 15) is 0 Å². The minimum atomic E-state index is 0.272. The second-order valence-corrected chi connectivity index (χ2v) is 4.39. The zero-order valence-corrected chi connectivity index (χ0v) is 10.9. The molecule has 0 aliphatic carbocycles. The Balaban J connectivity index is 2.57. The van der Waals surface area contributed by atoms with E-state index in [0.717, 1.165) is 24.1 Å². The maximum Gasteiger partial charge on any atom is 0.0661 e. The summed E-state index contributed by atoms with van der Waals surface area (Å²) in [6.07, 6.45) is 1.06. The van der Waals surface area contributed by atoms with Crippen LogP contribution in [0.25, 0.3) is 0 Å². The molecule has 0 bridgehead atoms. The molecule has 0 amide bonds. The normalized spacial score (nSPS) is 12.7. The fourth-order valence-electron chi connectivity index (χ4n) is 1.42. The van der Waals surface area contributed by atoms with Crippen LogP contribution in [0.15, 0.2) is 28.7 Å². The summed E-state index contributed by atoms with van der Waals surface area (Å²) in [7, 11) is 1.96. The molecule has 0 radical (unpaired) electrons. The van der Waals surface area contributed by atoms with Gasteiger partial charge in [0.2, 0.25) is 0 Å². The Labute approximate surface area is 100 Å². The van der Waals surface area contributed by atoms with Crippen molar-refractivity contribution in [2.45, 2.75) is 19.4 Å². The molecule has 0 aliphatic rings. The predicted octanol–water partition coefficient (Wildman–Crippen LogP) is 3.14. The number of halogens is 1. The lowest BCUT2D eigenvalue weighted by molar-refractivity contribution is 0.114. The number of nitrogens with one attached hydrogen (secondary N) is 1. The van der Waals surface area contributed by atoms with Crippen molar-refractivity contribution in [1.82, 2.24) is 5.32 Å². The van der Waals surface area contributed by atoms with Gasteiger partial charge in [0, 0.05) is 11.1 Å². The Bertz CT molecular complexity index is 291. The largest absolute Gasteiger partial charge is 0.379 e. The van der Waals surface area contributed by atoms with Gasteiger partial charge in [-0.3, -0.25) is 0 Å². The maximum atomic E-state index is 5.55. The number of hydrogen-bond acceptors (Lipinski definition) is 2. The molecular weight excluding hydrogens is 254 g/mol. The highest BCUT2D eigenvalue weighted by molar-refractivity contribution is 9.10. The summed E-state index contributed by atoms with van der Waals surface area (Å²) in [5.41, 5.74) is 1.25. The van der Waals surface area contributed by atoms with Crippen molar-refractivity contribution in [3.63, 3.8) is 0 Å². The zero-order valence-electron chi connectivity index (χ0n) is 9.29. The molecule has 0 aliphatic heterocycles. The van der Waals surface area contributed by atoms with Crippen molar-refractivity contribution >= 4 is 15.9 Å². The molecule has 0 fully saturated rings. The van der Waals surface area contributed by atoms with Crippen molar-refractivity contribution in [1.29, 1.82) is 0 Å². The molecule has 0 aromatic heterocycles. The van der Waals surface area contributed by atoms with Gasteiger partial charge in [-0.15, -0.1) is 0 Å². The number of likely N-dealkylation sites (N-methyl/N-ethyl adjacent to an activating group) is 1. The van der Waals surface area contributed by atoms with Crippen LogP contribution in [0.1, 0.15) is 24.9 Å². The molecule has 1 unspecified atom stereocenters. The van der Waals surface area contributed by atoms with Crippen LogP contribution < -0.4 is 5.32 Å². The van der Waals surface area contributed by atoms with Crippen molar-refractivity contribution in [2.24, 2.45) is 0 Å². The minimum Gasteiger partial charge on any atom is -0.379 e. The van der Waals surface area contributed by atoms with Crippen molar-refractivity contribution in [3.05, 3.63) is 34.3 Å². The third kappa shape index (κ3) is 4.33. The van der Waals surface area contributed by atoms with Crippen molar-refractivity contribution in [2.75, 3.05) is 20.3 Å². The third-order valence-electron chi connectivity index (χ3n) is 2.23. The molecule has 0 saturated heterocycles. The van der Waals surface area contributed by atoms with Gasteiger partial charge in [-0.1, -0.05) is 35.0 Å². The van der Waals surface area contributed by atoms with Crippen LogP contribution in [0, 0.1) is 0 Å². The van der Waals surface area contributed by atoms with E-state index in [0.29, 0.717) is 0 Å². The summed E-state index contributed by atoms with van der Waals surface area (Å²) < 4.78 is 6.66. The topological polar surface area (TPSA) is 21.3 Å². The minimum absolute atomic E-state index is 0.272. The third-order valence-corrected chi connectivity index (χ3v) is 2.73. The summed E-state index contributed by atoms with van der Waals surface area (Å²) in [6.45, 7) is 3.67. The molecule has 15 heavy (non-hydrogen) atoms. The average Bonchev–Trinajstić information content (AvgIpc) is 2.24. The Hall–Kier alpha value is -0.380. The van der Waals surface area contributed by atoms with Crippen LogP contribution in [0.4, 0.5) is 0 Å². The summed E-state index contributed by atoms with van der Waals surface area (Å²) in [4.78, 5) is 0. The van der Waals surface area contributed by atoms with E-state index in [1.165, 1.54) is 5.56 Å². The number of ether oxygens (including phenoxy) is 1. The average molecular weight is 272 g/mol. The summed E-state index contributed by atoms with van der Waals surface area (Å²) in [6, 6.07) is 8.58. The highest BCUT2D eigenvalue weighted by atomic mass is 79.9. The maximum absolute atomic E-state index is 5.55. The highest BCUT2D eigenvalue weighted by Crippen LogP contribution is 2.18. The molecule has 1 aromatic rings. The monoisotopic (exact) mass is 271 g/mol. The van der Waals surface area contributed by atoms with E-state index < -0.39 is 0 Å². The molecule has 1 atom stereocenters. The van der Waals surface area contributed by atoms with Gasteiger partial charge in [0.25, 0.3) is 0 Å². The first-order chi connectivity index (χ1) is 7.27. The number of hydrogen-bond donors (Lipinski definition) is 1. The lowest BCUT2D eigenvalue weighted by Gasteiger charge is -2.16. The predicted molar refractivity (Wildman–Crippen MR) is 67.1 cm³/mol. The summed E-state index contributed by atoms with van der Waals surface area (Å²) >= 11 is 3.47. The Kier molecular flexibility index (Phi) is 5.91. The summed E-state index contributed by atoms with van der Waals surface area (Å²) in [5, 5.41) is 3.26. The first-order valence-electron chi connectivity index (χ1n) is 5.28. The molecule has 2 nitrogen and oxygen atoms in total. The number of rotatable bonds is 6. The molecule has 0 heterocycles. The Morgan fingerprint density at radius 2 is 2.27 bits per heavy atom. The first-order valence-corrected chi connectivity index (χ1v) is 6.07. The quantitative estimate of drug-likeness (QED) is 0.803. The van der Waals surface area contributed by atoms with Crippen molar-refractivity contribution in [3.8, 4) is 0 Å². The van der Waals surface area contributed by atoms with E-state index in [1.807, 2.05) is 19.2 Å². The fraction of sp³-hybridized carbons (Fsp3) is 0.500. The zero-order chi connectivity index (χ0) is 11.1. The van der Waals surface area contributed by atoms with Crippen LogP contribution in [-0.4, -0.2) is 20.3 Å². The molecule has 84 valence electrons. The van der Waals surface area contributed by atoms with E-state index in [1.54, 1.807) is 0 Å². The van der Waals surface area contributed by atoms with Gasteiger partial charge < -0.3 is 10.1 Å². The van der Waals surface area contributed by atoms with Crippen LogP contribution >= 0.6 is 15.9 Å². The van der Waals surface area contributed by atoms with Gasteiger partial charge in [-0.2, -0.15) is 0 Å². The summed E-state index contributed by atoms with van der Waals surface area (Å²) in [5.74, 6) is 0. The first kappa shape index (κ1) is 12.7. The second-order valence-electron chi connectivity index (χ2n) is 3.47. The lowest BCUT2D eigenvalue weighted by Crippen LogP contribution is -2.21. The molecule has 0 spiro atoms. The molecular formula is C12H18BrNO. The van der Waals surface area contributed by atoms with Gasteiger partial charge >= 0.3 is 0 Å². The van der Waals surface area contributed by atoms with Crippen molar-refractivity contribution < 1.29 is 4.74 Å². The SMILES string of the molecule is CCCOCC(NC)c1cccc(Br)c1. The standard InChI is InChI=1S/C12H18BrNO/c1-3-7-15-9-12(14-2)10-5-4-6-11(13)8-10/h4-6,8,12,14H,3,7,9H2,1-2H3. The van der Waals surface area contributed by atoms with E-state index in [2.05, 4.69) is 40.3 Å². The van der Waals surface area contributed by atoms with E-state index >= 15 is 0 Å². The molecule has 0 saturated carbocycles. The van der Waals surface area contributed by atoms with Gasteiger partial charge in [-0.25, -0.2) is 0 Å². The van der Waals surface area contributed by atoms with Crippen LogP contribution in [0.3, 0.4) is 0 Å². The molecule has 3 heteroatoms. The molecule has 1 rings (SSSR count). The number of benzene rings is 1.